The number of benzene rings is 3. The van der Waals surface area contributed by atoms with Gasteiger partial charge in [-0.2, -0.15) is 0 Å². The number of ether oxygens (including phenoxy) is 1. The molecule has 0 aliphatic heterocycles. The van der Waals surface area contributed by atoms with Gasteiger partial charge in [-0.1, -0.05) is 37.1 Å². The van der Waals surface area contributed by atoms with E-state index in [2.05, 4.69) is 0 Å². The van der Waals surface area contributed by atoms with E-state index in [9.17, 15) is 13.2 Å². The van der Waals surface area contributed by atoms with Crippen molar-refractivity contribution in [2.24, 2.45) is 0 Å². The van der Waals surface area contributed by atoms with Gasteiger partial charge in [-0.15, -0.1) is 0 Å². The van der Waals surface area contributed by atoms with Crippen LogP contribution in [0.4, 0.5) is 13.2 Å². The van der Waals surface area contributed by atoms with Crippen molar-refractivity contribution in [3.05, 3.63) is 89.7 Å². The first kappa shape index (κ1) is 20.0. The largest absolute Gasteiger partial charge is 0.493 e. The number of hydrogen-bond donors (Lipinski definition) is 0. The lowest BCUT2D eigenvalue weighted by atomic mass is 10.0. The summed E-state index contributed by atoms with van der Waals surface area (Å²) < 4.78 is 45.8. The van der Waals surface area contributed by atoms with Crippen molar-refractivity contribution in [2.45, 2.75) is 32.1 Å². The molecule has 3 aromatic rings. The van der Waals surface area contributed by atoms with E-state index in [4.69, 9.17) is 4.74 Å². The fraction of sp³-hybridized carbons (Fsp3) is 0.250. The summed E-state index contributed by atoms with van der Waals surface area (Å²) >= 11 is 0. The summed E-state index contributed by atoms with van der Waals surface area (Å²) in [6.07, 6.45) is 4.98. The third-order valence-electron chi connectivity index (χ3n) is 4.64. The van der Waals surface area contributed by atoms with Crippen molar-refractivity contribution in [1.82, 2.24) is 0 Å². The van der Waals surface area contributed by atoms with Gasteiger partial charge in [-0.05, 0) is 66.8 Å². The lowest BCUT2D eigenvalue weighted by Crippen LogP contribution is -1.98. The van der Waals surface area contributed by atoms with Gasteiger partial charge < -0.3 is 4.74 Å². The second kappa shape index (κ2) is 9.98. The fourth-order valence-corrected chi connectivity index (χ4v) is 3.08. The molecule has 0 radical (unpaired) electrons. The molecule has 0 saturated heterocycles. The summed E-state index contributed by atoms with van der Waals surface area (Å²) in [5.41, 5.74) is 2.20. The average molecular weight is 384 g/mol. The zero-order valence-electron chi connectivity index (χ0n) is 15.6. The minimum absolute atomic E-state index is 0.206. The maximum absolute atomic E-state index is 14.3. The molecule has 28 heavy (non-hydrogen) atoms. The van der Waals surface area contributed by atoms with E-state index in [1.165, 1.54) is 30.3 Å². The molecule has 0 atom stereocenters. The van der Waals surface area contributed by atoms with E-state index in [1.54, 1.807) is 24.3 Å². The van der Waals surface area contributed by atoms with Crippen LogP contribution in [-0.4, -0.2) is 6.61 Å². The molecular formula is C24H23F3O. The molecule has 0 N–H and O–H groups in total. The Hall–Kier alpha value is -2.75. The highest BCUT2D eigenvalue weighted by Gasteiger charge is 2.07. The standard InChI is InChI=1S/C24H23F3O/c25-20-10-6-18(7-11-20)5-3-1-2-4-16-28-22-14-15-23(24(27)17-22)19-8-12-21(26)13-9-19/h6-15,17H,1-5,16H2. The minimum atomic E-state index is -0.386. The molecule has 0 saturated carbocycles. The van der Waals surface area contributed by atoms with Crippen molar-refractivity contribution in [3.63, 3.8) is 0 Å². The van der Waals surface area contributed by atoms with Gasteiger partial charge >= 0.3 is 0 Å². The fourth-order valence-electron chi connectivity index (χ4n) is 3.08. The molecule has 0 aliphatic carbocycles. The van der Waals surface area contributed by atoms with Crippen LogP contribution >= 0.6 is 0 Å². The Labute approximate surface area is 163 Å². The molecular weight excluding hydrogens is 361 g/mol. The molecule has 0 aliphatic rings. The van der Waals surface area contributed by atoms with Gasteiger partial charge in [0, 0.05) is 11.6 Å². The third kappa shape index (κ3) is 5.88. The number of aryl methyl sites for hydroxylation is 1. The summed E-state index contributed by atoms with van der Waals surface area (Å²) in [5.74, 6) is -0.442. The Balaban J connectivity index is 1.37. The van der Waals surface area contributed by atoms with Gasteiger partial charge in [0.25, 0.3) is 0 Å². The van der Waals surface area contributed by atoms with Gasteiger partial charge in [-0.25, -0.2) is 13.2 Å². The zero-order valence-corrected chi connectivity index (χ0v) is 15.6. The Morgan fingerprint density at radius 3 is 1.96 bits per heavy atom. The van der Waals surface area contributed by atoms with Crippen molar-refractivity contribution >= 4 is 0 Å². The predicted octanol–water partition coefficient (Wildman–Crippen LogP) is 6.95. The normalized spacial score (nSPS) is 10.8. The monoisotopic (exact) mass is 384 g/mol. The van der Waals surface area contributed by atoms with Crippen molar-refractivity contribution in [1.29, 1.82) is 0 Å². The van der Waals surface area contributed by atoms with Gasteiger partial charge in [0.1, 0.15) is 23.2 Å². The summed E-state index contributed by atoms with van der Waals surface area (Å²) in [6, 6.07) is 17.1. The van der Waals surface area contributed by atoms with Gasteiger partial charge in [-0.3, -0.25) is 0 Å². The smallest absolute Gasteiger partial charge is 0.134 e. The molecule has 0 aromatic heterocycles. The van der Waals surface area contributed by atoms with Crippen LogP contribution in [0.3, 0.4) is 0 Å². The van der Waals surface area contributed by atoms with E-state index in [0.29, 0.717) is 23.5 Å². The molecule has 0 fully saturated rings. The maximum atomic E-state index is 14.3. The molecule has 146 valence electrons. The van der Waals surface area contributed by atoms with Crippen molar-refractivity contribution < 1.29 is 17.9 Å². The first-order chi connectivity index (χ1) is 13.6. The second-order valence-corrected chi connectivity index (χ2v) is 6.79. The molecule has 3 rings (SSSR count). The highest BCUT2D eigenvalue weighted by atomic mass is 19.1. The topological polar surface area (TPSA) is 9.23 Å². The van der Waals surface area contributed by atoms with Crippen LogP contribution in [0.15, 0.2) is 66.7 Å². The molecule has 0 amide bonds. The third-order valence-corrected chi connectivity index (χ3v) is 4.64. The predicted molar refractivity (Wildman–Crippen MR) is 106 cm³/mol. The molecule has 0 spiro atoms. The lowest BCUT2D eigenvalue weighted by molar-refractivity contribution is 0.303. The van der Waals surface area contributed by atoms with Gasteiger partial charge in [0.2, 0.25) is 0 Å². The Kier molecular flexibility index (Phi) is 7.12. The highest BCUT2D eigenvalue weighted by Crippen LogP contribution is 2.26. The Morgan fingerprint density at radius 2 is 1.29 bits per heavy atom. The van der Waals surface area contributed by atoms with E-state index in [0.717, 1.165) is 37.7 Å². The van der Waals surface area contributed by atoms with Crippen LogP contribution in [0, 0.1) is 17.5 Å². The number of rotatable bonds is 9. The zero-order chi connectivity index (χ0) is 19.8. The first-order valence-electron chi connectivity index (χ1n) is 9.54. The molecule has 0 unspecified atom stereocenters. The molecule has 4 heteroatoms. The van der Waals surface area contributed by atoms with Crippen molar-refractivity contribution in [3.8, 4) is 16.9 Å². The van der Waals surface area contributed by atoms with Crippen LogP contribution in [0.5, 0.6) is 5.75 Å². The van der Waals surface area contributed by atoms with Gasteiger partial charge in [0.05, 0.1) is 6.61 Å². The number of halogens is 3. The minimum Gasteiger partial charge on any atom is -0.493 e. The van der Waals surface area contributed by atoms with Crippen LogP contribution in [0.1, 0.15) is 31.2 Å². The number of unbranched alkanes of at least 4 members (excludes halogenated alkanes) is 3. The Morgan fingerprint density at radius 1 is 0.643 bits per heavy atom. The summed E-state index contributed by atoms with van der Waals surface area (Å²) in [7, 11) is 0. The van der Waals surface area contributed by atoms with Crippen molar-refractivity contribution in [2.75, 3.05) is 6.61 Å². The van der Waals surface area contributed by atoms with E-state index in [1.807, 2.05) is 12.1 Å². The van der Waals surface area contributed by atoms with Crippen LogP contribution in [0.2, 0.25) is 0 Å². The van der Waals surface area contributed by atoms with Crippen LogP contribution in [-0.2, 0) is 6.42 Å². The lowest BCUT2D eigenvalue weighted by Gasteiger charge is -2.09. The van der Waals surface area contributed by atoms with E-state index < -0.39 is 0 Å². The first-order valence-corrected chi connectivity index (χ1v) is 9.54. The molecule has 0 bridgehead atoms. The summed E-state index contributed by atoms with van der Waals surface area (Å²) in [4.78, 5) is 0. The average Bonchev–Trinajstić information content (AvgIpc) is 2.70. The van der Waals surface area contributed by atoms with Crippen LogP contribution < -0.4 is 4.74 Å². The van der Waals surface area contributed by atoms with Crippen LogP contribution in [0.25, 0.3) is 11.1 Å². The van der Waals surface area contributed by atoms with Gasteiger partial charge in [0.15, 0.2) is 0 Å². The SMILES string of the molecule is Fc1ccc(CCCCCCOc2ccc(-c3ccc(F)cc3)c(F)c2)cc1. The molecule has 1 nitrogen and oxygen atoms in total. The number of hydrogen-bond acceptors (Lipinski definition) is 1. The second-order valence-electron chi connectivity index (χ2n) is 6.79. The Bertz CT molecular complexity index is 873. The molecule has 0 heterocycles. The highest BCUT2D eigenvalue weighted by molar-refractivity contribution is 5.64. The summed E-state index contributed by atoms with van der Waals surface area (Å²) in [6.45, 7) is 0.534. The van der Waals surface area contributed by atoms with E-state index in [-0.39, 0.29) is 17.5 Å². The quantitative estimate of drug-likeness (QED) is 0.363. The molecule has 3 aromatic carbocycles. The summed E-state index contributed by atoms with van der Waals surface area (Å²) in [5, 5.41) is 0. The van der Waals surface area contributed by atoms with E-state index >= 15 is 0 Å². The maximum Gasteiger partial charge on any atom is 0.134 e.